The van der Waals surface area contributed by atoms with Gasteiger partial charge in [-0.1, -0.05) is 0 Å². The zero-order valence-electron chi connectivity index (χ0n) is 11.0. The van der Waals surface area contributed by atoms with Gasteiger partial charge < -0.3 is 14.6 Å². The van der Waals surface area contributed by atoms with Gasteiger partial charge in [-0.15, -0.1) is 0 Å². The molecule has 6 heteroatoms. The van der Waals surface area contributed by atoms with Gasteiger partial charge in [-0.05, 0) is 27.7 Å². The summed E-state index contributed by atoms with van der Waals surface area (Å²) < 4.78 is 5.45. The lowest BCUT2D eigenvalue weighted by atomic mass is 10.1. The van der Waals surface area contributed by atoms with Crippen LogP contribution in [0.5, 0.6) is 0 Å². The number of amides is 2. The van der Waals surface area contributed by atoms with Crippen molar-refractivity contribution in [3.8, 4) is 0 Å². The predicted octanol–water partition coefficient (Wildman–Crippen LogP) is 0.527. The second-order valence-corrected chi connectivity index (χ2v) is 4.62. The molecule has 2 amide bonds. The highest BCUT2D eigenvalue weighted by molar-refractivity contribution is 5.96. The number of piperazine rings is 1. The third kappa shape index (κ3) is 2.10. The van der Waals surface area contributed by atoms with Gasteiger partial charge in [-0.25, -0.2) is 4.98 Å². The topological polar surface area (TPSA) is 75.4 Å². The lowest BCUT2D eigenvalue weighted by Gasteiger charge is -2.35. The number of oxazole rings is 1. The number of aryl methyl sites for hydroxylation is 2. The molecule has 0 radical (unpaired) electrons. The molecule has 0 aliphatic carbocycles. The number of carbonyl (C=O) groups is 2. The molecule has 6 nitrogen and oxygen atoms in total. The van der Waals surface area contributed by atoms with E-state index in [2.05, 4.69) is 10.3 Å². The van der Waals surface area contributed by atoms with Crippen LogP contribution in [0.15, 0.2) is 4.42 Å². The van der Waals surface area contributed by atoms with E-state index in [0.717, 1.165) is 11.5 Å². The maximum atomic E-state index is 12.0. The van der Waals surface area contributed by atoms with Crippen molar-refractivity contribution in [1.82, 2.24) is 15.2 Å². The molecule has 1 fully saturated rings. The summed E-state index contributed by atoms with van der Waals surface area (Å²) in [6.07, 6.45) is 0. The van der Waals surface area contributed by atoms with Crippen LogP contribution in [0.25, 0.3) is 0 Å². The Hall–Kier alpha value is -1.85. The first-order chi connectivity index (χ1) is 8.40. The molecule has 1 saturated heterocycles. The minimum atomic E-state index is -0.499. The molecule has 1 aromatic rings. The summed E-state index contributed by atoms with van der Waals surface area (Å²) in [5.41, 5.74) is 0.805. The van der Waals surface area contributed by atoms with Crippen molar-refractivity contribution in [1.29, 1.82) is 0 Å². The summed E-state index contributed by atoms with van der Waals surface area (Å²) in [4.78, 5) is 29.4. The normalized spacial score (nSPS) is 24.3. The number of nitrogens with one attached hydrogen (secondary N) is 1. The van der Waals surface area contributed by atoms with E-state index in [-0.39, 0.29) is 18.4 Å². The van der Waals surface area contributed by atoms with Crippen LogP contribution in [0, 0.1) is 13.8 Å². The Morgan fingerprint density at radius 1 is 1.33 bits per heavy atom. The Labute approximate surface area is 105 Å². The molecule has 2 rings (SSSR count). The summed E-state index contributed by atoms with van der Waals surface area (Å²) in [5, 5.41) is 2.63. The van der Waals surface area contributed by atoms with E-state index in [1.165, 1.54) is 4.90 Å². The molecule has 1 N–H and O–H groups in total. The van der Waals surface area contributed by atoms with Gasteiger partial charge in [-0.2, -0.15) is 0 Å². The zero-order valence-corrected chi connectivity index (χ0v) is 11.0. The summed E-state index contributed by atoms with van der Waals surface area (Å²) >= 11 is 0. The van der Waals surface area contributed by atoms with Crippen LogP contribution in [0.4, 0.5) is 0 Å². The molecular formula is C12H17N3O3. The Balaban J connectivity index is 2.20. The summed E-state index contributed by atoms with van der Waals surface area (Å²) in [7, 11) is 0. The van der Waals surface area contributed by atoms with Crippen molar-refractivity contribution in [2.24, 2.45) is 0 Å². The van der Waals surface area contributed by atoms with Crippen LogP contribution >= 0.6 is 0 Å². The maximum absolute atomic E-state index is 12.0. The van der Waals surface area contributed by atoms with Gasteiger partial charge in [0.1, 0.15) is 17.8 Å². The predicted molar refractivity (Wildman–Crippen MR) is 63.6 cm³/mol. The zero-order chi connectivity index (χ0) is 13.4. The van der Waals surface area contributed by atoms with Crippen molar-refractivity contribution < 1.29 is 14.0 Å². The van der Waals surface area contributed by atoms with E-state index >= 15 is 0 Å². The van der Waals surface area contributed by atoms with Crippen molar-refractivity contribution in [3.05, 3.63) is 17.3 Å². The smallest absolute Gasteiger partial charge is 0.246 e. The number of aromatic nitrogens is 1. The first-order valence-electron chi connectivity index (χ1n) is 5.94. The molecule has 0 aromatic carbocycles. The summed E-state index contributed by atoms with van der Waals surface area (Å²) in [6.45, 7) is 7.27. The third-order valence-electron chi connectivity index (χ3n) is 3.24. The van der Waals surface area contributed by atoms with E-state index in [9.17, 15) is 9.59 Å². The summed E-state index contributed by atoms with van der Waals surface area (Å²) in [6, 6.07) is -0.993. The van der Waals surface area contributed by atoms with Crippen LogP contribution in [-0.2, 0) is 16.1 Å². The standard InChI is InChI=1S/C12H17N3O3/c1-6-9(4)18-10(13-6)5-15-8(3)11(16)14-7(2)12(15)17/h7-8H,5H2,1-4H3,(H,14,16). The van der Waals surface area contributed by atoms with Gasteiger partial charge in [-0.3, -0.25) is 9.59 Å². The van der Waals surface area contributed by atoms with E-state index in [1.54, 1.807) is 13.8 Å². The highest BCUT2D eigenvalue weighted by atomic mass is 16.4. The Bertz CT molecular complexity index is 475. The quantitative estimate of drug-likeness (QED) is 0.831. The number of hydrogen-bond donors (Lipinski definition) is 1. The lowest BCUT2D eigenvalue weighted by molar-refractivity contribution is -0.149. The molecule has 18 heavy (non-hydrogen) atoms. The Kier molecular flexibility index (Phi) is 3.11. The first-order valence-corrected chi connectivity index (χ1v) is 5.94. The monoisotopic (exact) mass is 251 g/mol. The van der Waals surface area contributed by atoms with Crippen LogP contribution < -0.4 is 5.32 Å². The van der Waals surface area contributed by atoms with Gasteiger partial charge in [0, 0.05) is 0 Å². The van der Waals surface area contributed by atoms with Gasteiger partial charge >= 0.3 is 0 Å². The molecule has 1 aromatic heterocycles. The number of rotatable bonds is 2. The number of nitrogens with zero attached hydrogens (tertiary/aromatic N) is 2. The largest absolute Gasteiger partial charge is 0.444 e. The lowest BCUT2D eigenvalue weighted by Crippen LogP contribution is -2.60. The van der Waals surface area contributed by atoms with Crippen molar-refractivity contribution in [3.63, 3.8) is 0 Å². The molecule has 1 aliphatic rings. The van der Waals surface area contributed by atoms with Crippen LogP contribution in [0.2, 0.25) is 0 Å². The van der Waals surface area contributed by atoms with Gasteiger partial charge in [0.05, 0.1) is 12.2 Å². The second-order valence-electron chi connectivity index (χ2n) is 4.62. The van der Waals surface area contributed by atoms with Crippen molar-refractivity contribution in [2.75, 3.05) is 0 Å². The SMILES string of the molecule is Cc1nc(CN2C(=O)C(C)NC(=O)C2C)oc1C. The third-order valence-corrected chi connectivity index (χ3v) is 3.24. The minimum Gasteiger partial charge on any atom is -0.444 e. The Morgan fingerprint density at radius 3 is 2.56 bits per heavy atom. The molecule has 2 unspecified atom stereocenters. The molecule has 2 heterocycles. The van der Waals surface area contributed by atoms with E-state index in [0.29, 0.717) is 5.89 Å². The summed E-state index contributed by atoms with van der Waals surface area (Å²) in [5.74, 6) is 0.935. The van der Waals surface area contributed by atoms with Gasteiger partial charge in [0.2, 0.25) is 17.7 Å². The molecule has 0 saturated carbocycles. The highest BCUT2D eigenvalue weighted by Crippen LogP contribution is 2.16. The number of hydrogen-bond acceptors (Lipinski definition) is 4. The minimum absolute atomic E-state index is 0.115. The first kappa shape index (κ1) is 12.6. The van der Waals surface area contributed by atoms with Crippen molar-refractivity contribution >= 4 is 11.8 Å². The average molecular weight is 251 g/mol. The molecule has 1 aliphatic heterocycles. The van der Waals surface area contributed by atoms with Crippen molar-refractivity contribution in [2.45, 2.75) is 46.3 Å². The molecule has 0 bridgehead atoms. The maximum Gasteiger partial charge on any atom is 0.246 e. The fourth-order valence-corrected chi connectivity index (χ4v) is 1.94. The van der Waals surface area contributed by atoms with E-state index in [1.807, 2.05) is 13.8 Å². The molecular weight excluding hydrogens is 234 g/mol. The van der Waals surface area contributed by atoms with E-state index in [4.69, 9.17) is 4.42 Å². The number of carbonyl (C=O) groups excluding carboxylic acids is 2. The van der Waals surface area contributed by atoms with Gasteiger partial charge in [0.25, 0.3) is 0 Å². The van der Waals surface area contributed by atoms with Crippen LogP contribution in [0.1, 0.15) is 31.2 Å². The molecule has 98 valence electrons. The van der Waals surface area contributed by atoms with Crippen LogP contribution in [0.3, 0.4) is 0 Å². The highest BCUT2D eigenvalue weighted by Gasteiger charge is 2.36. The fraction of sp³-hybridized carbons (Fsp3) is 0.583. The van der Waals surface area contributed by atoms with Crippen LogP contribution in [-0.4, -0.2) is 33.8 Å². The van der Waals surface area contributed by atoms with Gasteiger partial charge in [0.15, 0.2) is 0 Å². The molecule has 2 atom stereocenters. The average Bonchev–Trinajstić information content (AvgIpc) is 2.62. The fourth-order valence-electron chi connectivity index (χ4n) is 1.94. The molecule has 0 spiro atoms. The Morgan fingerprint density at radius 2 is 2.00 bits per heavy atom. The second kappa shape index (κ2) is 4.44. The van der Waals surface area contributed by atoms with E-state index < -0.39 is 12.1 Å².